The van der Waals surface area contributed by atoms with Crippen LogP contribution in [0.3, 0.4) is 0 Å². The van der Waals surface area contributed by atoms with Crippen molar-refractivity contribution in [1.82, 2.24) is 20.1 Å². The third-order valence-corrected chi connectivity index (χ3v) is 6.54. The number of carbonyl (C=O) groups is 1. The van der Waals surface area contributed by atoms with E-state index in [9.17, 15) is 4.79 Å². The lowest BCUT2D eigenvalue weighted by molar-refractivity contribution is -0.133. The lowest BCUT2D eigenvalue weighted by Crippen LogP contribution is -2.38. The number of ether oxygens (including phenoxy) is 2. The molecule has 8 nitrogen and oxygen atoms in total. The lowest BCUT2D eigenvalue weighted by Gasteiger charge is -2.36. The molecule has 8 heteroatoms. The van der Waals surface area contributed by atoms with Gasteiger partial charge in [-0.25, -0.2) is 0 Å². The topological polar surface area (TPSA) is 90.6 Å². The van der Waals surface area contributed by atoms with Gasteiger partial charge in [-0.2, -0.15) is 0 Å². The lowest BCUT2D eigenvalue weighted by atomic mass is 9.72. The molecule has 32 heavy (non-hydrogen) atoms. The summed E-state index contributed by atoms with van der Waals surface area (Å²) in [5.74, 6) is 1.68. The van der Waals surface area contributed by atoms with Crippen molar-refractivity contribution in [1.29, 1.82) is 0 Å². The van der Waals surface area contributed by atoms with Crippen molar-refractivity contribution in [3.8, 4) is 17.2 Å². The minimum Gasteiger partial charge on any atom is -0.484 e. The second-order valence-electron chi connectivity index (χ2n) is 8.58. The summed E-state index contributed by atoms with van der Waals surface area (Å²) in [5, 5.41) is 8.63. The van der Waals surface area contributed by atoms with E-state index in [0.717, 1.165) is 24.0 Å². The molecule has 1 unspecified atom stereocenters. The number of amides is 1. The maximum absolute atomic E-state index is 13.0. The Morgan fingerprint density at radius 2 is 1.88 bits per heavy atom. The molecule has 0 aliphatic carbocycles. The number of rotatable bonds is 5. The third-order valence-electron chi connectivity index (χ3n) is 6.54. The van der Waals surface area contributed by atoms with E-state index < -0.39 is 0 Å². The zero-order valence-electron chi connectivity index (χ0n) is 18.1. The van der Waals surface area contributed by atoms with Crippen molar-refractivity contribution in [2.75, 3.05) is 32.9 Å². The first-order valence-corrected chi connectivity index (χ1v) is 10.9. The highest BCUT2D eigenvalue weighted by atomic mass is 16.5. The Balaban J connectivity index is 1.33. The second kappa shape index (κ2) is 8.70. The number of carbonyl (C=O) groups excluding carboxylic acids is 1. The molecule has 2 aromatic heterocycles. The first kappa shape index (κ1) is 20.6. The average Bonchev–Trinajstić information content (AvgIpc) is 3.45. The van der Waals surface area contributed by atoms with Crippen molar-refractivity contribution in [2.45, 2.75) is 25.7 Å². The molecule has 4 heterocycles. The van der Waals surface area contributed by atoms with Crippen LogP contribution in [0.2, 0.25) is 0 Å². The van der Waals surface area contributed by atoms with E-state index in [1.165, 1.54) is 0 Å². The zero-order valence-corrected chi connectivity index (χ0v) is 18.1. The molecule has 2 aliphatic heterocycles. The van der Waals surface area contributed by atoms with Crippen LogP contribution in [0, 0.1) is 12.3 Å². The van der Waals surface area contributed by atoms with Gasteiger partial charge in [0.1, 0.15) is 5.75 Å². The van der Waals surface area contributed by atoms with Crippen molar-refractivity contribution >= 4 is 5.91 Å². The van der Waals surface area contributed by atoms with E-state index in [4.69, 9.17) is 13.9 Å². The van der Waals surface area contributed by atoms with E-state index in [1.807, 2.05) is 48.2 Å². The van der Waals surface area contributed by atoms with Gasteiger partial charge in [0.2, 0.25) is 11.8 Å². The molecule has 2 aliphatic rings. The predicted octanol–water partition coefficient (Wildman–Crippen LogP) is 3.24. The minimum absolute atomic E-state index is 0.00839. The molecule has 1 spiro atoms. The molecule has 0 radical (unpaired) electrons. The van der Waals surface area contributed by atoms with Crippen molar-refractivity contribution in [3.63, 3.8) is 0 Å². The number of hydrogen-bond donors (Lipinski definition) is 0. The standard InChI is InChI=1S/C24H26N4O4/c1-17-2-4-19(5-3-17)31-15-21(29)28-14-20(24(16-28)8-12-30-13-9-24)23-27-26-22(32-23)18-6-10-25-11-7-18/h2-7,10-11,20H,8-9,12-16H2,1H3. The summed E-state index contributed by atoms with van der Waals surface area (Å²) in [4.78, 5) is 18.9. The van der Waals surface area contributed by atoms with E-state index in [0.29, 0.717) is 43.8 Å². The fourth-order valence-electron chi connectivity index (χ4n) is 4.64. The molecule has 1 aromatic carbocycles. The summed E-state index contributed by atoms with van der Waals surface area (Å²) in [6, 6.07) is 11.4. The molecule has 1 amide bonds. The van der Waals surface area contributed by atoms with Crippen LogP contribution < -0.4 is 4.74 Å². The smallest absolute Gasteiger partial charge is 0.260 e. The highest BCUT2D eigenvalue weighted by molar-refractivity contribution is 5.78. The van der Waals surface area contributed by atoms with Gasteiger partial charge in [-0.05, 0) is 44.0 Å². The summed E-state index contributed by atoms with van der Waals surface area (Å²) in [6.45, 7) is 4.55. The highest BCUT2D eigenvalue weighted by Crippen LogP contribution is 2.49. The average molecular weight is 434 g/mol. The Morgan fingerprint density at radius 3 is 2.62 bits per heavy atom. The molecule has 0 saturated carbocycles. The van der Waals surface area contributed by atoms with E-state index in [2.05, 4.69) is 15.2 Å². The molecule has 2 fully saturated rings. The Bertz CT molecular complexity index is 1060. The van der Waals surface area contributed by atoms with E-state index >= 15 is 0 Å². The molecule has 3 aromatic rings. The third kappa shape index (κ3) is 4.10. The van der Waals surface area contributed by atoms with Crippen LogP contribution in [0.15, 0.2) is 53.2 Å². The van der Waals surface area contributed by atoms with E-state index in [1.54, 1.807) is 12.4 Å². The number of pyridine rings is 1. The molecular weight excluding hydrogens is 408 g/mol. The normalized spacial score (nSPS) is 19.9. The number of aryl methyl sites for hydroxylation is 1. The van der Waals surface area contributed by atoms with E-state index in [-0.39, 0.29) is 23.8 Å². The number of benzene rings is 1. The van der Waals surface area contributed by atoms with Gasteiger partial charge in [0.15, 0.2) is 6.61 Å². The molecule has 2 saturated heterocycles. The van der Waals surface area contributed by atoms with Crippen molar-refractivity contribution in [2.24, 2.45) is 5.41 Å². The maximum Gasteiger partial charge on any atom is 0.260 e. The summed E-state index contributed by atoms with van der Waals surface area (Å²) in [5.41, 5.74) is 1.86. The van der Waals surface area contributed by atoms with Gasteiger partial charge in [-0.1, -0.05) is 17.7 Å². The first-order chi connectivity index (χ1) is 15.6. The van der Waals surface area contributed by atoms with Crippen LogP contribution in [0.1, 0.15) is 30.2 Å². The van der Waals surface area contributed by atoms with Crippen molar-refractivity contribution < 1.29 is 18.7 Å². The van der Waals surface area contributed by atoms with Gasteiger partial charge in [-0.3, -0.25) is 9.78 Å². The zero-order chi connectivity index (χ0) is 22.0. The SMILES string of the molecule is Cc1ccc(OCC(=O)N2CC(c3nnc(-c4ccncc4)o3)C3(CCOCC3)C2)cc1. The van der Waals surface area contributed by atoms with Crippen LogP contribution in [0.4, 0.5) is 0 Å². The number of hydrogen-bond acceptors (Lipinski definition) is 7. The summed E-state index contributed by atoms with van der Waals surface area (Å²) >= 11 is 0. The van der Waals surface area contributed by atoms with Crippen LogP contribution in [-0.2, 0) is 9.53 Å². The molecule has 166 valence electrons. The monoisotopic (exact) mass is 434 g/mol. The van der Waals surface area contributed by atoms with Gasteiger partial charge in [0, 0.05) is 49.7 Å². The highest BCUT2D eigenvalue weighted by Gasteiger charge is 2.51. The largest absolute Gasteiger partial charge is 0.484 e. The summed E-state index contributed by atoms with van der Waals surface area (Å²) in [6.07, 6.45) is 5.10. The molecular formula is C24H26N4O4. The first-order valence-electron chi connectivity index (χ1n) is 10.9. The fourth-order valence-corrected chi connectivity index (χ4v) is 4.64. The maximum atomic E-state index is 13.0. The quantitative estimate of drug-likeness (QED) is 0.609. The van der Waals surface area contributed by atoms with Crippen LogP contribution >= 0.6 is 0 Å². The van der Waals surface area contributed by atoms with Crippen LogP contribution in [0.25, 0.3) is 11.5 Å². The van der Waals surface area contributed by atoms with Gasteiger partial charge >= 0.3 is 0 Å². The predicted molar refractivity (Wildman–Crippen MR) is 116 cm³/mol. The summed E-state index contributed by atoms with van der Waals surface area (Å²) in [7, 11) is 0. The van der Waals surface area contributed by atoms with Gasteiger partial charge < -0.3 is 18.8 Å². The van der Waals surface area contributed by atoms with Gasteiger partial charge in [0.25, 0.3) is 5.91 Å². The molecule has 5 rings (SSSR count). The molecule has 1 atom stereocenters. The minimum atomic E-state index is -0.125. The van der Waals surface area contributed by atoms with Gasteiger partial charge in [0.05, 0.1) is 5.92 Å². The van der Waals surface area contributed by atoms with Gasteiger partial charge in [-0.15, -0.1) is 10.2 Å². The molecule has 0 bridgehead atoms. The Labute approximate surface area is 186 Å². The second-order valence-corrected chi connectivity index (χ2v) is 8.58. The van der Waals surface area contributed by atoms with Crippen LogP contribution in [0.5, 0.6) is 5.75 Å². The Morgan fingerprint density at radius 1 is 1.12 bits per heavy atom. The summed E-state index contributed by atoms with van der Waals surface area (Å²) < 4.78 is 17.5. The fraction of sp³-hybridized carbons (Fsp3) is 0.417. The number of nitrogens with zero attached hydrogens (tertiary/aromatic N) is 4. The van der Waals surface area contributed by atoms with Crippen molar-refractivity contribution in [3.05, 3.63) is 60.2 Å². The number of likely N-dealkylation sites (tertiary alicyclic amines) is 1. The molecule has 0 N–H and O–H groups in total. The Hall–Kier alpha value is -3.26. The Kier molecular flexibility index (Phi) is 5.61. The van der Waals surface area contributed by atoms with Crippen LogP contribution in [-0.4, -0.2) is 58.9 Å². The number of aromatic nitrogens is 3.